The van der Waals surface area contributed by atoms with Gasteiger partial charge in [-0.25, -0.2) is 0 Å². The second-order valence-corrected chi connectivity index (χ2v) is 4.83. The largest absolute Gasteiger partial charge is 0.399 e. The molecule has 2 N–H and O–H groups in total. The van der Waals surface area contributed by atoms with Gasteiger partial charge in [-0.1, -0.05) is 0 Å². The van der Waals surface area contributed by atoms with E-state index < -0.39 is 0 Å². The van der Waals surface area contributed by atoms with Gasteiger partial charge in [0, 0.05) is 38.2 Å². The fraction of sp³-hybridized carbons (Fsp3) is 0.615. The minimum absolute atomic E-state index is 0.759. The quantitative estimate of drug-likeness (QED) is 0.859. The summed E-state index contributed by atoms with van der Waals surface area (Å²) in [7, 11) is 2.14. The number of pyridine rings is 1. The van der Waals surface area contributed by atoms with Crippen molar-refractivity contribution in [2.75, 3.05) is 32.5 Å². The van der Waals surface area contributed by atoms with Gasteiger partial charge in [0.2, 0.25) is 0 Å². The van der Waals surface area contributed by atoms with E-state index in [0.29, 0.717) is 0 Å². The first-order valence-electron chi connectivity index (χ1n) is 6.21. The Morgan fingerprint density at radius 3 is 2.94 bits per heavy atom. The van der Waals surface area contributed by atoms with E-state index in [0.717, 1.165) is 43.6 Å². The van der Waals surface area contributed by atoms with E-state index in [1.54, 1.807) is 6.20 Å². The Morgan fingerprint density at radius 1 is 1.47 bits per heavy atom. The van der Waals surface area contributed by atoms with Gasteiger partial charge in [-0.15, -0.1) is 0 Å². The summed E-state index contributed by atoms with van der Waals surface area (Å²) in [4.78, 5) is 6.64. The summed E-state index contributed by atoms with van der Waals surface area (Å²) in [6.07, 6.45) is 4.12. The Balaban J connectivity index is 1.82. The molecule has 17 heavy (non-hydrogen) atoms. The molecular formula is C13H21N3O. The lowest BCUT2D eigenvalue weighted by Gasteiger charge is -2.26. The number of aromatic nitrogens is 1. The Bertz CT molecular complexity index is 350. The number of nitrogen functional groups attached to an aromatic ring is 1. The normalized spacial score (nSPS) is 17.5. The van der Waals surface area contributed by atoms with Crippen molar-refractivity contribution in [3.8, 4) is 0 Å². The fourth-order valence-corrected chi connectivity index (χ4v) is 2.29. The van der Waals surface area contributed by atoms with E-state index in [-0.39, 0.29) is 0 Å². The maximum absolute atomic E-state index is 5.74. The molecule has 0 radical (unpaired) electrons. The van der Waals surface area contributed by atoms with Gasteiger partial charge in [-0.05, 0) is 37.9 Å². The second kappa shape index (κ2) is 5.98. The van der Waals surface area contributed by atoms with Gasteiger partial charge in [0.1, 0.15) is 0 Å². The van der Waals surface area contributed by atoms with Gasteiger partial charge in [0.25, 0.3) is 0 Å². The average Bonchev–Trinajstić information content (AvgIpc) is 2.30. The van der Waals surface area contributed by atoms with E-state index in [4.69, 9.17) is 10.5 Å². The van der Waals surface area contributed by atoms with Gasteiger partial charge in [0.05, 0.1) is 5.69 Å². The first kappa shape index (κ1) is 12.3. The predicted octanol–water partition coefficient (Wildman–Crippen LogP) is 1.52. The molecule has 0 spiro atoms. The first-order valence-corrected chi connectivity index (χ1v) is 6.21. The summed E-state index contributed by atoms with van der Waals surface area (Å²) < 4.78 is 5.37. The Kier molecular flexibility index (Phi) is 4.34. The fourth-order valence-electron chi connectivity index (χ4n) is 2.29. The van der Waals surface area contributed by atoms with Crippen LogP contribution in [-0.4, -0.2) is 36.7 Å². The summed E-state index contributed by atoms with van der Waals surface area (Å²) >= 11 is 0. The molecule has 1 fully saturated rings. The number of hydrogen-bond acceptors (Lipinski definition) is 4. The molecule has 1 aliphatic rings. The van der Waals surface area contributed by atoms with E-state index >= 15 is 0 Å². The molecule has 94 valence electrons. The third-order valence-electron chi connectivity index (χ3n) is 3.18. The van der Waals surface area contributed by atoms with Crippen molar-refractivity contribution < 1.29 is 4.74 Å². The van der Waals surface area contributed by atoms with E-state index in [2.05, 4.69) is 16.9 Å². The van der Waals surface area contributed by atoms with Crippen LogP contribution in [0.3, 0.4) is 0 Å². The van der Waals surface area contributed by atoms with Crippen LogP contribution in [0, 0.1) is 5.92 Å². The molecule has 1 aliphatic heterocycles. The van der Waals surface area contributed by atoms with Gasteiger partial charge >= 0.3 is 0 Å². The van der Waals surface area contributed by atoms with Crippen molar-refractivity contribution in [1.29, 1.82) is 0 Å². The molecule has 0 aliphatic carbocycles. The lowest BCUT2D eigenvalue weighted by atomic mass is 10.00. The second-order valence-electron chi connectivity index (χ2n) is 4.83. The molecule has 1 saturated heterocycles. The van der Waals surface area contributed by atoms with Crippen molar-refractivity contribution >= 4 is 5.69 Å². The van der Waals surface area contributed by atoms with Crippen LogP contribution in [0.1, 0.15) is 18.5 Å². The number of anilines is 1. The lowest BCUT2D eigenvalue weighted by Crippen LogP contribution is -2.29. The van der Waals surface area contributed by atoms with Crippen LogP contribution in [0.15, 0.2) is 18.3 Å². The van der Waals surface area contributed by atoms with Gasteiger partial charge in [-0.3, -0.25) is 4.98 Å². The SMILES string of the molecule is CN(Cc1cc(N)ccn1)CC1CCOCC1. The average molecular weight is 235 g/mol. The zero-order valence-corrected chi connectivity index (χ0v) is 10.4. The van der Waals surface area contributed by atoms with Crippen LogP contribution in [0.5, 0.6) is 0 Å². The van der Waals surface area contributed by atoms with E-state index in [1.807, 2.05) is 12.1 Å². The predicted molar refractivity (Wildman–Crippen MR) is 68.5 cm³/mol. The van der Waals surface area contributed by atoms with Crippen LogP contribution in [0.25, 0.3) is 0 Å². The Morgan fingerprint density at radius 2 is 2.24 bits per heavy atom. The van der Waals surface area contributed by atoms with Gasteiger partial charge < -0.3 is 15.4 Å². The zero-order chi connectivity index (χ0) is 12.1. The molecular weight excluding hydrogens is 214 g/mol. The molecule has 4 heteroatoms. The molecule has 0 bridgehead atoms. The van der Waals surface area contributed by atoms with Crippen LogP contribution in [0.4, 0.5) is 5.69 Å². The third-order valence-corrected chi connectivity index (χ3v) is 3.18. The van der Waals surface area contributed by atoms with Crippen LogP contribution in [-0.2, 0) is 11.3 Å². The zero-order valence-electron chi connectivity index (χ0n) is 10.4. The monoisotopic (exact) mass is 235 g/mol. The molecule has 2 rings (SSSR count). The number of hydrogen-bond donors (Lipinski definition) is 1. The first-order chi connectivity index (χ1) is 8.24. The Labute approximate surface area is 103 Å². The lowest BCUT2D eigenvalue weighted by molar-refractivity contribution is 0.0548. The minimum atomic E-state index is 0.759. The minimum Gasteiger partial charge on any atom is -0.399 e. The third kappa shape index (κ3) is 3.98. The molecule has 0 saturated carbocycles. The van der Waals surface area contributed by atoms with E-state index in [9.17, 15) is 0 Å². The smallest absolute Gasteiger partial charge is 0.0564 e. The van der Waals surface area contributed by atoms with Crippen molar-refractivity contribution in [3.63, 3.8) is 0 Å². The maximum Gasteiger partial charge on any atom is 0.0564 e. The Hall–Kier alpha value is -1.13. The maximum atomic E-state index is 5.74. The van der Waals surface area contributed by atoms with Crippen LogP contribution >= 0.6 is 0 Å². The molecule has 4 nitrogen and oxygen atoms in total. The number of rotatable bonds is 4. The molecule has 0 unspecified atom stereocenters. The van der Waals surface area contributed by atoms with Crippen LogP contribution in [0.2, 0.25) is 0 Å². The standard InChI is InChI=1S/C13H21N3O/c1-16(9-11-3-6-17-7-4-11)10-13-8-12(14)2-5-15-13/h2,5,8,11H,3-4,6-7,9-10H2,1H3,(H2,14,15). The van der Waals surface area contributed by atoms with Gasteiger partial charge in [0.15, 0.2) is 0 Å². The number of ether oxygens (including phenoxy) is 1. The summed E-state index contributed by atoms with van der Waals surface area (Å²) in [5.41, 5.74) is 7.57. The highest BCUT2D eigenvalue weighted by Gasteiger charge is 2.15. The summed E-state index contributed by atoms with van der Waals surface area (Å²) in [6, 6.07) is 3.77. The molecule has 1 aromatic rings. The highest BCUT2D eigenvalue weighted by atomic mass is 16.5. The topological polar surface area (TPSA) is 51.4 Å². The highest BCUT2D eigenvalue weighted by molar-refractivity contribution is 5.37. The van der Waals surface area contributed by atoms with Crippen molar-refractivity contribution in [2.24, 2.45) is 5.92 Å². The van der Waals surface area contributed by atoms with E-state index in [1.165, 1.54) is 12.8 Å². The molecule has 0 atom stereocenters. The van der Waals surface area contributed by atoms with Crippen molar-refractivity contribution in [2.45, 2.75) is 19.4 Å². The van der Waals surface area contributed by atoms with Crippen molar-refractivity contribution in [1.82, 2.24) is 9.88 Å². The summed E-state index contributed by atoms with van der Waals surface area (Å²) in [5.74, 6) is 0.759. The van der Waals surface area contributed by atoms with Crippen LogP contribution < -0.4 is 5.73 Å². The van der Waals surface area contributed by atoms with Crippen molar-refractivity contribution in [3.05, 3.63) is 24.0 Å². The number of nitrogens with two attached hydrogens (primary N) is 1. The molecule has 1 aromatic heterocycles. The number of nitrogens with zero attached hydrogens (tertiary/aromatic N) is 2. The molecule has 2 heterocycles. The van der Waals surface area contributed by atoms with Gasteiger partial charge in [-0.2, -0.15) is 0 Å². The summed E-state index contributed by atoms with van der Waals surface area (Å²) in [5, 5.41) is 0. The molecule has 0 amide bonds. The highest BCUT2D eigenvalue weighted by Crippen LogP contribution is 2.16. The summed E-state index contributed by atoms with van der Waals surface area (Å²) in [6.45, 7) is 3.80. The molecule has 0 aromatic carbocycles.